The molecule has 0 aromatic carbocycles. The maximum Gasteiger partial charge on any atom is 0.329 e. The van der Waals surface area contributed by atoms with E-state index in [2.05, 4.69) is 0 Å². The fourth-order valence-electron chi connectivity index (χ4n) is 2.18. The largest absolute Gasteiger partial charge is 0.501 e. The zero-order chi connectivity index (χ0) is 16.5. The lowest BCUT2D eigenvalue weighted by Crippen LogP contribution is -2.31. The molecule has 1 aromatic heterocycles. The first-order valence-corrected chi connectivity index (χ1v) is 7.72. The molecule has 0 bridgehead atoms. The lowest BCUT2D eigenvalue weighted by Gasteiger charge is -2.18. The Kier molecular flexibility index (Phi) is 7.43. The average Bonchev–Trinajstić information content (AvgIpc) is 2.48. The number of carbonyl (C=O) groups excluding carboxylic acids is 1. The lowest BCUT2D eigenvalue weighted by atomic mass is 10.1. The highest BCUT2D eigenvalue weighted by Crippen LogP contribution is 2.17. The third-order valence-corrected chi connectivity index (χ3v) is 3.30. The van der Waals surface area contributed by atoms with Crippen LogP contribution in [-0.4, -0.2) is 23.8 Å². The Balaban J connectivity index is 3.22. The summed E-state index contributed by atoms with van der Waals surface area (Å²) >= 11 is 0. The van der Waals surface area contributed by atoms with Gasteiger partial charge in [-0.3, -0.25) is 4.79 Å². The quantitative estimate of drug-likeness (QED) is 0.547. The summed E-state index contributed by atoms with van der Waals surface area (Å²) in [6.45, 7) is 8.37. The number of pyridine rings is 1. The van der Waals surface area contributed by atoms with Crippen molar-refractivity contribution in [1.82, 2.24) is 4.57 Å². The number of esters is 1. The number of aromatic nitrogens is 1. The van der Waals surface area contributed by atoms with Crippen molar-refractivity contribution in [3.8, 4) is 0 Å². The molecule has 1 unspecified atom stereocenters. The minimum atomic E-state index is -0.586. The molecule has 0 saturated carbocycles. The second-order valence-corrected chi connectivity index (χ2v) is 4.97. The van der Waals surface area contributed by atoms with Crippen LogP contribution in [0.15, 0.2) is 23.3 Å². The molecule has 0 radical (unpaired) electrons. The van der Waals surface area contributed by atoms with E-state index in [1.54, 1.807) is 25.5 Å². The standard InChI is InChI=1S/C17H25NO4/c1-5-8-15(17(20)22-7-3)18-12-14(9-10-21-6-2)13(4)11-16(18)19/h9-12,15H,5-8H2,1-4H3/b10-9+. The molecule has 1 atom stereocenters. The third-order valence-electron chi connectivity index (χ3n) is 3.30. The molecule has 1 aromatic rings. The first-order chi connectivity index (χ1) is 10.5. The number of nitrogens with zero attached hydrogens (tertiary/aromatic N) is 1. The molecule has 1 heterocycles. The van der Waals surface area contributed by atoms with Gasteiger partial charge in [-0.2, -0.15) is 0 Å². The molecule has 0 spiro atoms. The molecule has 5 heteroatoms. The van der Waals surface area contributed by atoms with E-state index in [4.69, 9.17) is 9.47 Å². The Labute approximate surface area is 131 Å². The van der Waals surface area contributed by atoms with E-state index in [9.17, 15) is 9.59 Å². The van der Waals surface area contributed by atoms with E-state index >= 15 is 0 Å². The number of carbonyl (C=O) groups is 1. The van der Waals surface area contributed by atoms with Crippen LogP contribution >= 0.6 is 0 Å². The summed E-state index contributed by atoms with van der Waals surface area (Å²) in [5.74, 6) is -0.366. The van der Waals surface area contributed by atoms with Crippen molar-refractivity contribution in [1.29, 1.82) is 0 Å². The molecular weight excluding hydrogens is 282 g/mol. The topological polar surface area (TPSA) is 57.5 Å². The molecule has 0 aliphatic carbocycles. The fourth-order valence-corrected chi connectivity index (χ4v) is 2.18. The van der Waals surface area contributed by atoms with Gasteiger partial charge in [-0.25, -0.2) is 4.79 Å². The second kappa shape index (κ2) is 9.07. The Morgan fingerprint density at radius 1 is 1.32 bits per heavy atom. The Morgan fingerprint density at radius 3 is 2.64 bits per heavy atom. The number of ether oxygens (including phenoxy) is 2. The van der Waals surface area contributed by atoms with E-state index in [-0.39, 0.29) is 11.5 Å². The van der Waals surface area contributed by atoms with Gasteiger partial charge in [0, 0.05) is 12.3 Å². The zero-order valence-electron chi connectivity index (χ0n) is 13.8. The Bertz CT molecular complexity index is 575. The summed E-state index contributed by atoms with van der Waals surface area (Å²) in [5, 5.41) is 0. The monoisotopic (exact) mass is 307 g/mol. The van der Waals surface area contributed by atoms with E-state index in [0.717, 1.165) is 17.5 Å². The van der Waals surface area contributed by atoms with Gasteiger partial charge in [0.1, 0.15) is 6.04 Å². The maximum absolute atomic E-state index is 12.2. The number of aryl methyl sites for hydroxylation is 1. The molecule has 0 saturated heterocycles. The average molecular weight is 307 g/mol. The molecule has 0 amide bonds. The van der Waals surface area contributed by atoms with E-state index in [1.807, 2.05) is 20.8 Å². The minimum Gasteiger partial charge on any atom is -0.501 e. The van der Waals surface area contributed by atoms with Crippen LogP contribution < -0.4 is 5.56 Å². The van der Waals surface area contributed by atoms with Gasteiger partial charge in [0.05, 0.1) is 19.5 Å². The van der Waals surface area contributed by atoms with E-state index < -0.39 is 6.04 Å². The van der Waals surface area contributed by atoms with Crippen LogP contribution in [0.5, 0.6) is 0 Å². The minimum absolute atomic E-state index is 0.197. The van der Waals surface area contributed by atoms with Crippen LogP contribution in [0.1, 0.15) is 50.8 Å². The highest BCUT2D eigenvalue weighted by molar-refractivity contribution is 5.74. The highest BCUT2D eigenvalue weighted by atomic mass is 16.5. The lowest BCUT2D eigenvalue weighted by molar-refractivity contribution is -0.147. The smallest absolute Gasteiger partial charge is 0.329 e. The van der Waals surface area contributed by atoms with E-state index in [1.165, 1.54) is 10.6 Å². The predicted molar refractivity (Wildman–Crippen MR) is 86.7 cm³/mol. The van der Waals surface area contributed by atoms with Gasteiger partial charge in [0.15, 0.2) is 0 Å². The van der Waals surface area contributed by atoms with Gasteiger partial charge in [-0.15, -0.1) is 0 Å². The van der Waals surface area contributed by atoms with Crippen molar-refractivity contribution in [2.24, 2.45) is 0 Å². The van der Waals surface area contributed by atoms with Gasteiger partial charge < -0.3 is 14.0 Å². The van der Waals surface area contributed by atoms with Crippen LogP contribution in [-0.2, 0) is 14.3 Å². The van der Waals surface area contributed by atoms with E-state index in [0.29, 0.717) is 19.6 Å². The van der Waals surface area contributed by atoms with Crippen LogP contribution in [0.25, 0.3) is 6.08 Å². The van der Waals surface area contributed by atoms with Crippen LogP contribution in [0.4, 0.5) is 0 Å². The van der Waals surface area contributed by atoms with Gasteiger partial charge >= 0.3 is 5.97 Å². The van der Waals surface area contributed by atoms with Crippen molar-refractivity contribution in [3.63, 3.8) is 0 Å². The van der Waals surface area contributed by atoms with Crippen LogP contribution in [0.2, 0.25) is 0 Å². The molecule has 0 N–H and O–H groups in total. The SMILES string of the molecule is CCCC(C(=O)OCC)n1cc(/C=C/OCC)c(C)cc1=O. The predicted octanol–water partition coefficient (Wildman–Crippen LogP) is 3.07. The van der Waals surface area contributed by atoms with Crippen molar-refractivity contribution < 1.29 is 14.3 Å². The number of hydrogen-bond acceptors (Lipinski definition) is 4. The highest BCUT2D eigenvalue weighted by Gasteiger charge is 2.22. The van der Waals surface area contributed by atoms with Crippen molar-refractivity contribution in [2.45, 2.75) is 46.6 Å². The molecular formula is C17H25NO4. The van der Waals surface area contributed by atoms with Gasteiger partial charge in [-0.1, -0.05) is 13.3 Å². The summed E-state index contributed by atoms with van der Waals surface area (Å²) in [5.41, 5.74) is 1.49. The third kappa shape index (κ3) is 4.76. The molecule has 22 heavy (non-hydrogen) atoms. The first kappa shape index (κ1) is 18.0. The summed E-state index contributed by atoms with van der Waals surface area (Å²) in [6, 6.07) is 0.949. The molecule has 0 aliphatic heterocycles. The van der Waals surface area contributed by atoms with Gasteiger partial charge in [0.25, 0.3) is 5.56 Å². The summed E-state index contributed by atoms with van der Waals surface area (Å²) in [6.07, 6.45) is 6.44. The summed E-state index contributed by atoms with van der Waals surface area (Å²) < 4.78 is 11.7. The molecule has 0 aliphatic rings. The van der Waals surface area contributed by atoms with Crippen molar-refractivity contribution in [2.75, 3.05) is 13.2 Å². The Hall–Kier alpha value is -2.04. The van der Waals surface area contributed by atoms with Crippen LogP contribution in [0.3, 0.4) is 0 Å². The van der Waals surface area contributed by atoms with Gasteiger partial charge in [0.2, 0.25) is 0 Å². The number of rotatable bonds is 8. The normalized spacial score (nSPS) is 12.4. The Morgan fingerprint density at radius 2 is 2.05 bits per heavy atom. The summed E-state index contributed by atoms with van der Waals surface area (Å²) in [7, 11) is 0. The second-order valence-electron chi connectivity index (χ2n) is 4.97. The van der Waals surface area contributed by atoms with Gasteiger partial charge in [-0.05, 0) is 44.4 Å². The molecule has 5 nitrogen and oxygen atoms in total. The zero-order valence-corrected chi connectivity index (χ0v) is 13.8. The fraction of sp³-hybridized carbons (Fsp3) is 0.529. The summed E-state index contributed by atoms with van der Waals surface area (Å²) in [4.78, 5) is 24.4. The molecule has 122 valence electrons. The number of hydrogen-bond donors (Lipinski definition) is 0. The molecule has 1 rings (SSSR count). The molecule has 0 fully saturated rings. The van der Waals surface area contributed by atoms with Crippen molar-refractivity contribution in [3.05, 3.63) is 40.0 Å². The first-order valence-electron chi connectivity index (χ1n) is 7.72. The van der Waals surface area contributed by atoms with Crippen molar-refractivity contribution >= 4 is 12.0 Å². The maximum atomic E-state index is 12.2. The van der Waals surface area contributed by atoms with Crippen LogP contribution in [0, 0.1) is 6.92 Å².